The average Bonchev–Trinajstić information content (AvgIpc) is 3.23. The summed E-state index contributed by atoms with van der Waals surface area (Å²) in [5.41, 5.74) is 2.33. The second-order valence-electron chi connectivity index (χ2n) is 13.0. The summed E-state index contributed by atoms with van der Waals surface area (Å²) in [6.07, 6.45) is 18.2. The lowest BCUT2D eigenvalue weighted by Crippen LogP contribution is -2.58. The van der Waals surface area contributed by atoms with Crippen LogP contribution >= 0.6 is 0 Å². The van der Waals surface area contributed by atoms with Gasteiger partial charge in [0.2, 0.25) is 0 Å². The maximum atomic E-state index is 6.73. The van der Waals surface area contributed by atoms with Crippen molar-refractivity contribution in [3.05, 3.63) is 24.2 Å². The molecule has 2 saturated heterocycles. The number of rotatable bonds is 5. The fourth-order valence-electron chi connectivity index (χ4n) is 10.1. The zero-order valence-corrected chi connectivity index (χ0v) is 20.8. The summed E-state index contributed by atoms with van der Waals surface area (Å²) in [4.78, 5) is 2.58. The number of fused-ring (bicyclic) bond motifs is 3. The Balaban J connectivity index is 1.05. The second-order valence-corrected chi connectivity index (χ2v) is 13.0. The normalized spacial score (nSPS) is 51.0. The minimum absolute atomic E-state index is 0.148. The SMILES string of the molecule is C[C@]12CCC(OCCN3CCCC3)CC1CC[C@@H]1[C@H]2CC[C@]2(C)C(c3ccoc3)CC3O[C@]312. The molecule has 6 fully saturated rings. The predicted octanol–water partition coefficient (Wildman–Crippen LogP) is 6.02. The van der Waals surface area contributed by atoms with E-state index in [0.717, 1.165) is 30.9 Å². The summed E-state index contributed by atoms with van der Waals surface area (Å²) < 4.78 is 18.7. The van der Waals surface area contributed by atoms with Gasteiger partial charge in [0.15, 0.2) is 0 Å². The van der Waals surface area contributed by atoms with Crippen LogP contribution in [0.2, 0.25) is 0 Å². The molecule has 1 spiro atoms. The van der Waals surface area contributed by atoms with Gasteiger partial charge < -0.3 is 18.8 Å². The number of likely N-dealkylation sites (tertiary alicyclic amines) is 1. The standard InChI is InChI=1S/C29H43NO3/c1-27-10-7-22(32-16-14-30-12-3-4-13-30)17-21(27)5-6-24-23(27)8-11-28(2)25(20-9-15-31-19-20)18-26-29(24,28)33-26/h9,15,19,21-26H,3-8,10-14,16-18H2,1-2H3/t21?,22?,23-,24-,25?,26?,27+,28-,29+/m1/s1. The molecule has 4 aliphatic carbocycles. The monoisotopic (exact) mass is 453 g/mol. The number of ether oxygens (including phenoxy) is 2. The van der Waals surface area contributed by atoms with Crippen molar-refractivity contribution in [2.75, 3.05) is 26.2 Å². The van der Waals surface area contributed by atoms with Gasteiger partial charge in [-0.15, -0.1) is 0 Å². The Labute approximate surface area is 199 Å². The molecule has 0 bridgehead atoms. The quantitative estimate of drug-likeness (QED) is 0.511. The first kappa shape index (κ1) is 21.4. The fourth-order valence-corrected chi connectivity index (χ4v) is 10.1. The highest BCUT2D eigenvalue weighted by Crippen LogP contribution is 2.78. The molecule has 2 aliphatic heterocycles. The van der Waals surface area contributed by atoms with Crippen LogP contribution < -0.4 is 0 Å². The van der Waals surface area contributed by atoms with Gasteiger partial charge in [0.05, 0.1) is 31.3 Å². The van der Waals surface area contributed by atoms with Crippen LogP contribution in [0.1, 0.15) is 89.5 Å². The van der Waals surface area contributed by atoms with Crippen LogP contribution in [0.25, 0.3) is 0 Å². The van der Waals surface area contributed by atoms with Gasteiger partial charge in [-0.3, -0.25) is 0 Å². The van der Waals surface area contributed by atoms with Gasteiger partial charge in [-0.25, -0.2) is 0 Å². The lowest BCUT2D eigenvalue weighted by Gasteiger charge is -2.61. The third-order valence-corrected chi connectivity index (χ3v) is 11.9. The molecule has 182 valence electrons. The smallest absolute Gasteiger partial charge is 0.104 e. The van der Waals surface area contributed by atoms with Gasteiger partial charge in [-0.05, 0) is 118 Å². The summed E-state index contributed by atoms with van der Waals surface area (Å²) >= 11 is 0. The lowest BCUT2D eigenvalue weighted by atomic mass is 9.44. The molecule has 0 radical (unpaired) electrons. The average molecular weight is 454 g/mol. The third-order valence-electron chi connectivity index (χ3n) is 11.9. The van der Waals surface area contributed by atoms with Crippen molar-refractivity contribution < 1.29 is 13.9 Å². The number of nitrogens with zero attached hydrogens (tertiary/aromatic N) is 1. The molecule has 1 aromatic heterocycles. The first-order valence-electron chi connectivity index (χ1n) is 14.1. The van der Waals surface area contributed by atoms with Gasteiger partial charge in [0, 0.05) is 12.0 Å². The zero-order chi connectivity index (χ0) is 22.3. The fraction of sp³-hybridized carbons (Fsp3) is 0.862. The molecular weight excluding hydrogens is 410 g/mol. The predicted molar refractivity (Wildman–Crippen MR) is 128 cm³/mol. The first-order valence-corrected chi connectivity index (χ1v) is 14.1. The first-order chi connectivity index (χ1) is 16.0. The van der Waals surface area contributed by atoms with Gasteiger partial charge in [-0.1, -0.05) is 13.8 Å². The molecule has 4 saturated carbocycles. The number of hydrogen-bond donors (Lipinski definition) is 0. The van der Waals surface area contributed by atoms with Crippen molar-refractivity contribution in [3.8, 4) is 0 Å². The van der Waals surface area contributed by atoms with Crippen molar-refractivity contribution in [2.24, 2.45) is 28.6 Å². The summed E-state index contributed by atoms with van der Waals surface area (Å²) in [6, 6.07) is 2.21. The van der Waals surface area contributed by atoms with Gasteiger partial charge in [0.1, 0.15) is 5.60 Å². The van der Waals surface area contributed by atoms with Gasteiger partial charge >= 0.3 is 0 Å². The number of epoxide rings is 1. The Morgan fingerprint density at radius 2 is 1.91 bits per heavy atom. The van der Waals surface area contributed by atoms with E-state index in [-0.39, 0.29) is 11.0 Å². The van der Waals surface area contributed by atoms with Crippen LogP contribution in [-0.4, -0.2) is 49.0 Å². The second kappa shape index (κ2) is 7.58. The summed E-state index contributed by atoms with van der Waals surface area (Å²) in [7, 11) is 0. The Kier molecular flexibility index (Phi) is 4.92. The van der Waals surface area contributed by atoms with Crippen LogP contribution in [-0.2, 0) is 9.47 Å². The van der Waals surface area contributed by atoms with Crippen molar-refractivity contribution in [1.29, 1.82) is 0 Å². The minimum Gasteiger partial charge on any atom is -0.472 e. The van der Waals surface area contributed by atoms with E-state index in [1.165, 1.54) is 82.9 Å². The van der Waals surface area contributed by atoms with Crippen molar-refractivity contribution in [1.82, 2.24) is 4.90 Å². The van der Waals surface area contributed by atoms with Crippen LogP contribution in [0.3, 0.4) is 0 Å². The van der Waals surface area contributed by atoms with E-state index >= 15 is 0 Å². The number of furan rings is 1. The van der Waals surface area contributed by atoms with E-state index in [0.29, 0.717) is 23.5 Å². The van der Waals surface area contributed by atoms with E-state index in [1.807, 2.05) is 12.5 Å². The third kappa shape index (κ3) is 2.99. The zero-order valence-electron chi connectivity index (χ0n) is 20.8. The number of hydrogen-bond acceptors (Lipinski definition) is 4. The molecule has 6 aliphatic rings. The Hall–Kier alpha value is -0.840. The highest BCUT2D eigenvalue weighted by atomic mass is 16.6. The van der Waals surface area contributed by atoms with E-state index in [2.05, 4.69) is 24.8 Å². The molecule has 4 unspecified atom stereocenters. The molecule has 9 atom stereocenters. The van der Waals surface area contributed by atoms with E-state index in [4.69, 9.17) is 13.9 Å². The summed E-state index contributed by atoms with van der Waals surface area (Å²) in [6.45, 7) is 9.86. The Bertz CT molecular complexity index is 864. The van der Waals surface area contributed by atoms with E-state index in [1.54, 1.807) is 0 Å². The Morgan fingerprint density at radius 1 is 1.03 bits per heavy atom. The molecule has 33 heavy (non-hydrogen) atoms. The largest absolute Gasteiger partial charge is 0.472 e. The van der Waals surface area contributed by atoms with Gasteiger partial charge in [0.25, 0.3) is 0 Å². The molecule has 1 aromatic rings. The molecule has 0 N–H and O–H groups in total. The van der Waals surface area contributed by atoms with Crippen LogP contribution in [0.5, 0.6) is 0 Å². The van der Waals surface area contributed by atoms with E-state index in [9.17, 15) is 0 Å². The topological polar surface area (TPSA) is 38.1 Å². The molecule has 0 amide bonds. The van der Waals surface area contributed by atoms with Crippen molar-refractivity contribution in [2.45, 2.75) is 102 Å². The van der Waals surface area contributed by atoms with Crippen molar-refractivity contribution in [3.63, 3.8) is 0 Å². The van der Waals surface area contributed by atoms with Crippen LogP contribution in [0.15, 0.2) is 23.0 Å². The Morgan fingerprint density at radius 3 is 2.73 bits per heavy atom. The minimum atomic E-state index is 0.148. The summed E-state index contributed by atoms with van der Waals surface area (Å²) in [5.74, 6) is 3.05. The van der Waals surface area contributed by atoms with Crippen molar-refractivity contribution >= 4 is 0 Å². The lowest BCUT2D eigenvalue weighted by molar-refractivity contribution is -0.145. The summed E-state index contributed by atoms with van der Waals surface area (Å²) in [5, 5.41) is 0. The molecule has 3 heterocycles. The highest BCUT2D eigenvalue weighted by Gasteiger charge is 2.80. The van der Waals surface area contributed by atoms with Crippen LogP contribution in [0.4, 0.5) is 0 Å². The highest BCUT2D eigenvalue weighted by molar-refractivity contribution is 5.35. The molecule has 7 rings (SSSR count). The molecule has 4 nitrogen and oxygen atoms in total. The molecule has 0 aromatic carbocycles. The maximum absolute atomic E-state index is 6.73. The van der Waals surface area contributed by atoms with E-state index < -0.39 is 0 Å². The van der Waals surface area contributed by atoms with Crippen LogP contribution in [0, 0.1) is 28.6 Å². The maximum Gasteiger partial charge on any atom is 0.104 e. The molecular formula is C29H43NO3. The van der Waals surface area contributed by atoms with Gasteiger partial charge in [-0.2, -0.15) is 0 Å². The molecule has 4 heteroatoms.